The third kappa shape index (κ3) is 5.02. The van der Waals surface area contributed by atoms with Gasteiger partial charge in [-0.1, -0.05) is 26.7 Å². The highest BCUT2D eigenvalue weighted by molar-refractivity contribution is 5.97. The van der Waals surface area contributed by atoms with Crippen molar-refractivity contribution in [2.45, 2.75) is 59.0 Å². The van der Waals surface area contributed by atoms with Gasteiger partial charge >= 0.3 is 0 Å². The van der Waals surface area contributed by atoms with Crippen molar-refractivity contribution in [2.24, 2.45) is 0 Å². The van der Waals surface area contributed by atoms with Crippen LogP contribution in [0.2, 0.25) is 0 Å². The topological polar surface area (TPSA) is 47.6 Å². The molecule has 0 fully saturated rings. The van der Waals surface area contributed by atoms with Gasteiger partial charge in [0.15, 0.2) is 0 Å². The monoisotopic (exact) mass is 307 g/mol. The van der Waals surface area contributed by atoms with Gasteiger partial charge in [-0.3, -0.25) is 4.79 Å². The van der Waals surface area contributed by atoms with E-state index >= 15 is 0 Å². The number of rotatable bonds is 9. The van der Waals surface area contributed by atoms with Gasteiger partial charge in [0.05, 0.1) is 6.61 Å². The number of unbranched alkanes of at least 4 members (excludes halogenated alkanes) is 1. The molecule has 0 saturated carbocycles. The van der Waals surface area contributed by atoms with E-state index in [1.165, 1.54) is 0 Å². The van der Waals surface area contributed by atoms with Gasteiger partial charge < -0.3 is 14.8 Å². The van der Waals surface area contributed by atoms with E-state index in [1.54, 1.807) is 7.11 Å². The van der Waals surface area contributed by atoms with Crippen LogP contribution in [0.15, 0.2) is 18.2 Å². The number of carbonyl (C=O) groups is 1. The normalized spacial score (nSPS) is 13.5. The molecule has 0 aliphatic carbocycles. The maximum Gasteiger partial charge on any atom is 0.256 e. The predicted molar refractivity (Wildman–Crippen MR) is 90.5 cm³/mol. The third-order valence-corrected chi connectivity index (χ3v) is 3.83. The van der Waals surface area contributed by atoms with Crippen LogP contribution in [-0.2, 0) is 9.53 Å². The van der Waals surface area contributed by atoms with Crippen molar-refractivity contribution in [2.75, 3.05) is 19.0 Å². The lowest BCUT2D eigenvalue weighted by Gasteiger charge is -2.27. The molecular weight excluding hydrogens is 278 g/mol. The third-order valence-electron chi connectivity index (χ3n) is 3.83. The summed E-state index contributed by atoms with van der Waals surface area (Å²) >= 11 is 0. The summed E-state index contributed by atoms with van der Waals surface area (Å²) < 4.78 is 11.1. The van der Waals surface area contributed by atoms with E-state index in [9.17, 15) is 4.79 Å². The maximum atomic E-state index is 12.5. The summed E-state index contributed by atoms with van der Waals surface area (Å²) in [5.41, 5.74) is 0.992. The highest BCUT2D eigenvalue weighted by atomic mass is 16.5. The summed E-state index contributed by atoms with van der Waals surface area (Å²) in [6, 6.07) is 5.70. The Morgan fingerprint density at radius 2 is 2.00 bits per heavy atom. The zero-order valence-electron chi connectivity index (χ0n) is 14.5. The van der Waals surface area contributed by atoms with Crippen LogP contribution < -0.4 is 10.1 Å². The summed E-state index contributed by atoms with van der Waals surface area (Å²) in [5, 5.41) is 2.95. The molecule has 0 bridgehead atoms. The molecule has 0 aliphatic rings. The molecule has 1 N–H and O–H groups in total. The highest BCUT2D eigenvalue weighted by Gasteiger charge is 2.32. The minimum Gasteiger partial charge on any atom is -0.493 e. The molecule has 1 rings (SSSR count). The molecule has 1 amide bonds. The lowest BCUT2D eigenvalue weighted by molar-refractivity contribution is -0.136. The molecule has 0 heterocycles. The highest BCUT2D eigenvalue weighted by Crippen LogP contribution is 2.25. The van der Waals surface area contributed by atoms with Gasteiger partial charge in [-0.05, 0) is 50.5 Å². The summed E-state index contributed by atoms with van der Waals surface area (Å²) in [5.74, 6) is 0.755. The summed E-state index contributed by atoms with van der Waals surface area (Å²) in [6.07, 6.45) is 3.68. The molecule has 22 heavy (non-hydrogen) atoms. The Morgan fingerprint density at radius 1 is 1.27 bits per heavy atom. The first-order valence-electron chi connectivity index (χ1n) is 8.07. The minimum absolute atomic E-state index is 0.106. The molecule has 0 aromatic heterocycles. The van der Waals surface area contributed by atoms with E-state index in [1.807, 2.05) is 32.0 Å². The Bertz CT molecular complexity index is 487. The zero-order valence-corrected chi connectivity index (χ0v) is 14.5. The van der Waals surface area contributed by atoms with Gasteiger partial charge in [0, 0.05) is 12.8 Å². The average Bonchev–Trinajstić information content (AvgIpc) is 2.51. The van der Waals surface area contributed by atoms with E-state index < -0.39 is 5.60 Å². The first-order chi connectivity index (χ1) is 10.5. The number of carbonyl (C=O) groups excluding carboxylic acids is 1. The minimum atomic E-state index is -0.790. The number of methoxy groups -OCH3 is 1. The van der Waals surface area contributed by atoms with Crippen molar-refractivity contribution >= 4 is 11.6 Å². The number of nitrogens with one attached hydrogen (secondary N) is 1. The predicted octanol–water partition coefficient (Wildman–Crippen LogP) is 4.32. The van der Waals surface area contributed by atoms with Crippen LogP contribution >= 0.6 is 0 Å². The lowest BCUT2D eigenvalue weighted by Crippen LogP contribution is -2.41. The number of ether oxygens (including phenoxy) is 2. The smallest absolute Gasteiger partial charge is 0.256 e. The summed E-state index contributed by atoms with van der Waals surface area (Å²) in [7, 11) is 1.59. The molecule has 124 valence electrons. The molecular formula is C18H29NO3. The number of amides is 1. The molecule has 0 spiro atoms. The molecule has 0 saturated heterocycles. The van der Waals surface area contributed by atoms with Crippen LogP contribution in [0.4, 0.5) is 5.69 Å². The lowest BCUT2D eigenvalue weighted by atomic mass is 9.97. The summed E-state index contributed by atoms with van der Waals surface area (Å²) in [6.45, 7) is 8.69. The van der Waals surface area contributed by atoms with E-state index in [-0.39, 0.29) is 5.91 Å². The second kappa shape index (κ2) is 8.79. The van der Waals surface area contributed by atoms with Crippen LogP contribution in [0, 0.1) is 6.92 Å². The van der Waals surface area contributed by atoms with Gasteiger partial charge in [-0.2, -0.15) is 0 Å². The van der Waals surface area contributed by atoms with Crippen LogP contribution in [0.5, 0.6) is 5.75 Å². The average molecular weight is 307 g/mol. The van der Waals surface area contributed by atoms with Gasteiger partial charge in [-0.25, -0.2) is 0 Å². The molecule has 1 aromatic carbocycles. The van der Waals surface area contributed by atoms with Gasteiger partial charge in [0.1, 0.15) is 11.4 Å². The fourth-order valence-corrected chi connectivity index (χ4v) is 2.19. The van der Waals surface area contributed by atoms with Crippen LogP contribution in [0.25, 0.3) is 0 Å². The number of hydrogen-bond donors (Lipinski definition) is 1. The number of anilines is 1. The molecule has 0 aliphatic heterocycles. The molecule has 4 heteroatoms. The van der Waals surface area contributed by atoms with Crippen molar-refractivity contribution < 1.29 is 14.3 Å². The second-order valence-electron chi connectivity index (χ2n) is 5.82. The summed E-state index contributed by atoms with van der Waals surface area (Å²) in [4.78, 5) is 12.5. The van der Waals surface area contributed by atoms with Crippen molar-refractivity contribution in [3.8, 4) is 5.75 Å². The Balaban J connectivity index is 2.76. The van der Waals surface area contributed by atoms with E-state index in [4.69, 9.17) is 9.47 Å². The Morgan fingerprint density at radius 3 is 2.55 bits per heavy atom. The number of benzene rings is 1. The van der Waals surface area contributed by atoms with Crippen molar-refractivity contribution in [3.63, 3.8) is 0 Å². The molecule has 4 nitrogen and oxygen atoms in total. The Labute approximate surface area is 134 Å². The Hall–Kier alpha value is -1.55. The largest absolute Gasteiger partial charge is 0.493 e. The van der Waals surface area contributed by atoms with E-state index in [0.29, 0.717) is 13.0 Å². The van der Waals surface area contributed by atoms with Crippen molar-refractivity contribution in [1.29, 1.82) is 0 Å². The number of hydrogen-bond acceptors (Lipinski definition) is 3. The fraction of sp³-hybridized carbons (Fsp3) is 0.611. The van der Waals surface area contributed by atoms with Gasteiger partial charge in [0.2, 0.25) is 0 Å². The van der Waals surface area contributed by atoms with E-state index in [0.717, 1.165) is 36.3 Å². The zero-order chi connectivity index (χ0) is 16.6. The first-order valence-corrected chi connectivity index (χ1v) is 8.07. The van der Waals surface area contributed by atoms with Crippen molar-refractivity contribution in [1.82, 2.24) is 0 Å². The van der Waals surface area contributed by atoms with Crippen LogP contribution in [0.3, 0.4) is 0 Å². The SMILES string of the molecule is CCCCC(C)(OC)C(=O)Nc1ccc(OCCC)c(C)c1. The maximum absolute atomic E-state index is 12.5. The fourth-order valence-electron chi connectivity index (χ4n) is 2.19. The van der Waals surface area contributed by atoms with Crippen LogP contribution in [0.1, 0.15) is 52.0 Å². The number of aryl methyl sites for hydroxylation is 1. The molecule has 1 unspecified atom stereocenters. The van der Waals surface area contributed by atoms with Gasteiger partial charge in [0.25, 0.3) is 5.91 Å². The van der Waals surface area contributed by atoms with Gasteiger partial charge in [-0.15, -0.1) is 0 Å². The van der Waals surface area contributed by atoms with E-state index in [2.05, 4.69) is 19.2 Å². The van der Waals surface area contributed by atoms with Crippen molar-refractivity contribution in [3.05, 3.63) is 23.8 Å². The molecule has 1 atom stereocenters. The second-order valence-corrected chi connectivity index (χ2v) is 5.82. The standard InChI is InChI=1S/C18H29NO3/c1-6-8-11-18(4,21-5)17(20)19-15-9-10-16(14(3)13-15)22-12-7-2/h9-10,13H,6-8,11-12H2,1-5H3,(H,19,20). The molecule has 1 aromatic rings. The first kappa shape index (κ1) is 18.5. The molecule has 0 radical (unpaired) electrons. The quantitative estimate of drug-likeness (QED) is 0.739. The Kier molecular flexibility index (Phi) is 7.39. The van der Waals surface area contributed by atoms with Crippen LogP contribution in [-0.4, -0.2) is 25.2 Å².